The van der Waals surface area contributed by atoms with E-state index in [4.69, 9.17) is 20.4 Å². The number of nitrogens with zero attached hydrogens (tertiary/aromatic N) is 1. The third kappa shape index (κ3) is 14.6. The van der Waals surface area contributed by atoms with Crippen molar-refractivity contribution >= 4 is 0 Å². The van der Waals surface area contributed by atoms with Crippen molar-refractivity contribution < 1.29 is 25.9 Å². The molecule has 0 amide bonds. The van der Waals surface area contributed by atoms with Gasteiger partial charge in [-0.25, -0.2) is 0 Å². The molecule has 0 aromatic carbocycles. The molecule has 0 bridgehead atoms. The van der Waals surface area contributed by atoms with Gasteiger partial charge in [0.2, 0.25) is 0 Å². The van der Waals surface area contributed by atoms with Crippen LogP contribution in [0.1, 0.15) is 0 Å². The van der Waals surface area contributed by atoms with Gasteiger partial charge in [0.25, 0.3) is 0 Å². The van der Waals surface area contributed by atoms with Crippen molar-refractivity contribution in [1.82, 2.24) is 4.90 Å². The van der Waals surface area contributed by atoms with Crippen LogP contribution in [0.25, 0.3) is 0 Å². The highest BCUT2D eigenvalue weighted by Crippen LogP contribution is 1.84. The Hall–Kier alpha value is -0.240. The van der Waals surface area contributed by atoms with Crippen molar-refractivity contribution in [2.24, 2.45) is 0 Å². The van der Waals surface area contributed by atoms with Crippen molar-refractivity contribution in [2.75, 3.05) is 46.6 Å². The lowest BCUT2D eigenvalue weighted by atomic mass is 10.4. The van der Waals surface area contributed by atoms with Crippen molar-refractivity contribution in [1.29, 1.82) is 0 Å². The molecule has 0 radical (unpaired) electrons. The van der Waals surface area contributed by atoms with Crippen LogP contribution >= 0.6 is 0 Å². The Balaban J connectivity index is -0.000000309. The molecule has 0 spiro atoms. The molecule has 0 unspecified atom stereocenters. The third-order valence-corrected chi connectivity index (χ3v) is 1.25. The lowest BCUT2D eigenvalue weighted by molar-refractivity contribution is 0.136. The van der Waals surface area contributed by atoms with E-state index in [1.54, 1.807) is 4.90 Å². The van der Waals surface area contributed by atoms with Crippen LogP contribution in [0.4, 0.5) is 0 Å². The van der Waals surface area contributed by atoms with Gasteiger partial charge in [-0.1, -0.05) is 0 Å². The van der Waals surface area contributed by atoms with Crippen molar-refractivity contribution in [3.8, 4) is 0 Å². The van der Waals surface area contributed by atoms with Crippen LogP contribution in [0, 0.1) is 0 Å². The predicted molar refractivity (Wildman–Crippen MR) is 49.5 cm³/mol. The molecule has 0 aromatic heterocycles. The van der Waals surface area contributed by atoms with Crippen molar-refractivity contribution in [3.05, 3.63) is 0 Å². The normalized spacial score (nSPS) is 8.77. The first kappa shape index (κ1) is 18.5. The van der Waals surface area contributed by atoms with Gasteiger partial charge in [-0.05, 0) is 0 Å². The van der Waals surface area contributed by atoms with Gasteiger partial charge < -0.3 is 25.9 Å². The van der Waals surface area contributed by atoms with Crippen molar-refractivity contribution in [2.45, 2.75) is 0 Å². The van der Waals surface area contributed by atoms with E-state index in [-0.39, 0.29) is 25.3 Å². The first-order valence-corrected chi connectivity index (χ1v) is 3.84. The Morgan fingerprint density at radius 2 is 1.00 bits per heavy atom. The minimum Gasteiger partial charge on any atom is -0.412 e. The Kier molecular flexibility index (Phi) is 25.3. The van der Waals surface area contributed by atoms with E-state index in [0.29, 0.717) is 19.6 Å². The molecule has 0 saturated heterocycles. The van der Waals surface area contributed by atoms with Crippen molar-refractivity contribution in [3.63, 3.8) is 0 Å². The second kappa shape index (κ2) is 17.7. The van der Waals surface area contributed by atoms with E-state index in [1.807, 2.05) is 0 Å². The van der Waals surface area contributed by atoms with Crippen LogP contribution in [-0.2, 0) is 0 Å². The number of hydrogen-bond acceptors (Lipinski definition) is 5. The summed E-state index contributed by atoms with van der Waals surface area (Å²) in [5.41, 5.74) is 0. The van der Waals surface area contributed by atoms with E-state index in [1.165, 1.54) is 0 Å². The summed E-state index contributed by atoms with van der Waals surface area (Å²) in [5, 5.41) is 32.5. The quantitative estimate of drug-likeness (QED) is 0.365. The van der Waals surface area contributed by atoms with Gasteiger partial charge in [0.1, 0.15) is 0 Å². The van der Waals surface area contributed by atoms with Crippen LogP contribution in [-0.4, -0.2) is 77.4 Å². The summed E-state index contributed by atoms with van der Waals surface area (Å²) in [6.07, 6.45) is 0. The fourth-order valence-corrected chi connectivity index (χ4v) is 0.760. The van der Waals surface area contributed by atoms with Gasteiger partial charge in [-0.3, -0.25) is 4.90 Å². The molecule has 0 aromatic rings. The lowest BCUT2D eigenvalue weighted by Crippen LogP contribution is -2.32. The van der Waals surface area contributed by atoms with E-state index in [2.05, 4.69) is 0 Å². The minimum absolute atomic E-state index is 0. The summed E-state index contributed by atoms with van der Waals surface area (Å²) in [6.45, 7) is 1.75. The Labute approximate surface area is 78.4 Å². The molecule has 6 heteroatoms. The fourth-order valence-electron chi connectivity index (χ4n) is 0.760. The summed E-state index contributed by atoms with van der Waals surface area (Å²) in [7, 11) is 1.00. The molecular weight excluding hydrogens is 178 g/mol. The number of hydrogen-bond donors (Lipinski definition) is 4. The largest absolute Gasteiger partial charge is 0.412 e. The highest BCUT2D eigenvalue weighted by Gasteiger charge is 2.00. The number of rotatable bonds is 6. The Morgan fingerprint density at radius 3 is 1.15 bits per heavy atom. The average molecular weight is 199 g/mol. The van der Waals surface area contributed by atoms with Gasteiger partial charge >= 0.3 is 0 Å². The molecular formula is C7H21NO5. The van der Waals surface area contributed by atoms with Crippen LogP contribution in [0.3, 0.4) is 0 Å². The molecule has 0 fully saturated rings. The van der Waals surface area contributed by atoms with E-state index in [9.17, 15) is 0 Å². The molecule has 84 valence electrons. The molecule has 0 rings (SSSR count). The first-order valence-electron chi connectivity index (χ1n) is 3.84. The Morgan fingerprint density at radius 1 is 0.769 bits per heavy atom. The van der Waals surface area contributed by atoms with Gasteiger partial charge in [0, 0.05) is 26.7 Å². The zero-order chi connectivity index (χ0) is 9.82. The van der Waals surface area contributed by atoms with E-state index in [0.717, 1.165) is 7.11 Å². The van der Waals surface area contributed by atoms with Gasteiger partial charge in [-0.15, -0.1) is 0 Å². The predicted octanol–water partition coefficient (Wildman–Crippen LogP) is -2.95. The molecule has 0 atom stereocenters. The molecule has 0 aliphatic heterocycles. The second-order valence-electron chi connectivity index (χ2n) is 2.01. The summed E-state index contributed by atoms with van der Waals surface area (Å²) in [4.78, 5) is 1.79. The smallest absolute Gasteiger partial charge is 0.0558 e. The van der Waals surface area contributed by atoms with Crippen LogP contribution in [0.5, 0.6) is 0 Å². The molecule has 6 nitrogen and oxygen atoms in total. The summed E-state index contributed by atoms with van der Waals surface area (Å²) < 4.78 is 0. The molecule has 0 aliphatic carbocycles. The van der Waals surface area contributed by atoms with E-state index < -0.39 is 0 Å². The maximum atomic E-state index is 8.48. The molecule has 0 aliphatic rings. The minimum atomic E-state index is 0. The maximum Gasteiger partial charge on any atom is 0.0558 e. The molecule has 0 heterocycles. The van der Waals surface area contributed by atoms with Crippen LogP contribution < -0.4 is 0 Å². The maximum absolute atomic E-state index is 8.48. The van der Waals surface area contributed by atoms with E-state index >= 15 is 0 Å². The Bertz CT molecular complexity index is 59.6. The molecule has 6 N–H and O–H groups in total. The summed E-state index contributed by atoms with van der Waals surface area (Å²) in [6, 6.07) is 0. The zero-order valence-corrected chi connectivity index (χ0v) is 7.98. The van der Waals surface area contributed by atoms with Gasteiger partial charge in [0.15, 0.2) is 0 Å². The monoisotopic (exact) mass is 199 g/mol. The standard InChI is InChI=1S/C6H15NO3.CH4O.H2O/c8-4-1-7(2-5-9)3-6-10;1-2;/h8-10H,1-6H2;2H,1H3;1H2. The topological polar surface area (TPSA) is 116 Å². The molecule has 0 saturated carbocycles. The molecule has 13 heavy (non-hydrogen) atoms. The second-order valence-corrected chi connectivity index (χ2v) is 2.01. The fraction of sp³-hybridized carbons (Fsp3) is 1.00. The average Bonchev–Trinajstić information content (AvgIpc) is 2.10. The highest BCUT2D eigenvalue weighted by molar-refractivity contribution is 4.54. The number of aliphatic hydroxyl groups is 4. The summed E-state index contributed by atoms with van der Waals surface area (Å²) in [5.74, 6) is 0. The number of aliphatic hydroxyl groups excluding tert-OH is 4. The van der Waals surface area contributed by atoms with Gasteiger partial charge in [0.05, 0.1) is 19.8 Å². The summed E-state index contributed by atoms with van der Waals surface area (Å²) >= 11 is 0. The highest BCUT2D eigenvalue weighted by atomic mass is 16.3. The lowest BCUT2D eigenvalue weighted by Gasteiger charge is -2.17. The first-order chi connectivity index (χ1) is 5.85. The third-order valence-electron chi connectivity index (χ3n) is 1.25. The van der Waals surface area contributed by atoms with Gasteiger partial charge in [-0.2, -0.15) is 0 Å². The van der Waals surface area contributed by atoms with Crippen LogP contribution in [0.2, 0.25) is 0 Å². The SMILES string of the molecule is CO.O.OCCN(CCO)CCO. The van der Waals surface area contributed by atoms with Crippen LogP contribution in [0.15, 0.2) is 0 Å². The zero-order valence-electron chi connectivity index (χ0n) is 7.98.